The molecule has 35 heavy (non-hydrogen) atoms. The Morgan fingerprint density at radius 3 is 2.17 bits per heavy atom. The fourth-order valence-electron chi connectivity index (χ4n) is 3.94. The van der Waals surface area contributed by atoms with Gasteiger partial charge in [-0.3, -0.25) is 9.36 Å². The van der Waals surface area contributed by atoms with Crippen LogP contribution in [0.5, 0.6) is 0 Å². The molecular formula is C28H24N4O2S. The highest BCUT2D eigenvalue weighted by Crippen LogP contribution is 2.30. The number of hydrogen-bond donors (Lipinski definition) is 1. The summed E-state index contributed by atoms with van der Waals surface area (Å²) >= 11 is 1.34. The largest absolute Gasteiger partial charge is 0.461 e. The van der Waals surface area contributed by atoms with Gasteiger partial charge in [-0.1, -0.05) is 90.6 Å². The maximum Gasteiger partial charge on any atom is 0.231 e. The molecule has 0 atom stereocenters. The lowest BCUT2D eigenvalue weighted by Crippen LogP contribution is -2.30. The number of carbonyl (C=O) groups is 1. The molecule has 3 aromatic carbocycles. The van der Waals surface area contributed by atoms with E-state index < -0.39 is 0 Å². The second kappa shape index (κ2) is 10.4. The molecule has 0 unspecified atom stereocenters. The van der Waals surface area contributed by atoms with Crippen molar-refractivity contribution < 1.29 is 9.21 Å². The number of nitrogens with one attached hydrogen (secondary N) is 1. The van der Waals surface area contributed by atoms with Crippen LogP contribution in [0.2, 0.25) is 0 Å². The van der Waals surface area contributed by atoms with Crippen molar-refractivity contribution in [3.8, 4) is 17.3 Å². The number of benzene rings is 3. The van der Waals surface area contributed by atoms with Gasteiger partial charge in [0.25, 0.3) is 0 Å². The Morgan fingerprint density at radius 2 is 1.54 bits per heavy atom. The minimum Gasteiger partial charge on any atom is -0.461 e. The molecule has 0 bridgehead atoms. The van der Waals surface area contributed by atoms with Crippen LogP contribution in [-0.2, 0) is 4.79 Å². The lowest BCUT2D eigenvalue weighted by atomic mass is 9.99. The van der Waals surface area contributed by atoms with E-state index in [-0.39, 0.29) is 17.7 Å². The Kier molecular flexibility index (Phi) is 6.77. The molecule has 5 aromatic rings. The van der Waals surface area contributed by atoms with Gasteiger partial charge in [0.2, 0.25) is 11.7 Å². The first kappa shape index (κ1) is 22.7. The molecule has 0 aliphatic rings. The second-order valence-electron chi connectivity index (χ2n) is 8.02. The number of furan rings is 1. The number of nitrogens with zero attached hydrogens (tertiary/aromatic N) is 3. The van der Waals surface area contributed by atoms with E-state index in [1.807, 2.05) is 109 Å². The smallest absolute Gasteiger partial charge is 0.231 e. The van der Waals surface area contributed by atoms with Gasteiger partial charge in [-0.15, -0.1) is 10.2 Å². The first-order valence-electron chi connectivity index (χ1n) is 11.3. The van der Waals surface area contributed by atoms with Gasteiger partial charge in [0.1, 0.15) is 0 Å². The lowest BCUT2D eigenvalue weighted by molar-refractivity contribution is -0.119. The number of para-hydroxylation sites is 1. The highest BCUT2D eigenvalue weighted by molar-refractivity contribution is 7.99. The molecule has 0 radical (unpaired) electrons. The van der Waals surface area contributed by atoms with Crippen molar-refractivity contribution in [2.45, 2.75) is 18.1 Å². The van der Waals surface area contributed by atoms with Gasteiger partial charge in [0, 0.05) is 0 Å². The molecule has 0 fully saturated rings. The molecule has 0 spiro atoms. The standard InChI is InChI=1S/C28H24N4O2S/c1-20-11-8-9-16-23(20)32-27(24-17-10-18-34-24)30-31-28(32)35-19-25(33)29-26(21-12-4-2-5-13-21)22-14-6-3-7-15-22/h2-18,26H,19H2,1H3,(H,29,33). The molecule has 7 heteroatoms. The minimum absolute atomic E-state index is 0.0911. The van der Waals surface area contributed by atoms with Gasteiger partial charge in [-0.25, -0.2) is 0 Å². The van der Waals surface area contributed by atoms with Crippen LogP contribution in [0.3, 0.4) is 0 Å². The Bertz CT molecular complexity index is 1360. The van der Waals surface area contributed by atoms with Crippen LogP contribution in [0.4, 0.5) is 0 Å². The summed E-state index contributed by atoms with van der Waals surface area (Å²) in [4.78, 5) is 13.1. The van der Waals surface area contributed by atoms with Crippen molar-refractivity contribution in [3.05, 3.63) is 120 Å². The van der Waals surface area contributed by atoms with E-state index in [1.54, 1.807) is 6.26 Å². The Hall–Kier alpha value is -4.10. The van der Waals surface area contributed by atoms with Gasteiger partial charge < -0.3 is 9.73 Å². The van der Waals surface area contributed by atoms with Gasteiger partial charge in [0.05, 0.1) is 23.7 Å². The molecule has 1 N–H and O–H groups in total. The lowest BCUT2D eigenvalue weighted by Gasteiger charge is -2.20. The summed E-state index contributed by atoms with van der Waals surface area (Å²) in [6.45, 7) is 2.03. The monoisotopic (exact) mass is 480 g/mol. The quantitative estimate of drug-likeness (QED) is 0.283. The molecular weight excluding hydrogens is 456 g/mol. The van der Waals surface area contributed by atoms with E-state index in [0.717, 1.165) is 22.4 Å². The molecule has 174 valence electrons. The van der Waals surface area contributed by atoms with Gasteiger partial charge in [-0.2, -0.15) is 0 Å². The number of aromatic nitrogens is 3. The van der Waals surface area contributed by atoms with E-state index >= 15 is 0 Å². The Balaban J connectivity index is 1.39. The van der Waals surface area contributed by atoms with E-state index in [0.29, 0.717) is 16.7 Å². The first-order chi connectivity index (χ1) is 17.2. The number of carbonyl (C=O) groups excluding carboxylic acids is 1. The SMILES string of the molecule is Cc1ccccc1-n1c(SCC(=O)NC(c2ccccc2)c2ccccc2)nnc1-c1ccco1. The summed E-state index contributed by atoms with van der Waals surface area (Å²) in [6.07, 6.45) is 1.61. The molecule has 0 saturated carbocycles. The zero-order chi connectivity index (χ0) is 24.0. The molecule has 0 aliphatic heterocycles. The molecule has 0 saturated heterocycles. The van der Waals surface area contributed by atoms with E-state index in [4.69, 9.17) is 4.42 Å². The zero-order valence-electron chi connectivity index (χ0n) is 19.2. The maximum absolute atomic E-state index is 13.1. The number of hydrogen-bond acceptors (Lipinski definition) is 5. The van der Waals surface area contributed by atoms with E-state index in [9.17, 15) is 4.79 Å². The number of amides is 1. The van der Waals surface area contributed by atoms with Crippen molar-refractivity contribution in [2.75, 3.05) is 5.75 Å². The fraction of sp³-hybridized carbons (Fsp3) is 0.107. The van der Waals surface area contributed by atoms with E-state index in [2.05, 4.69) is 15.5 Å². The van der Waals surface area contributed by atoms with Crippen LogP contribution in [-0.4, -0.2) is 26.4 Å². The maximum atomic E-state index is 13.1. The van der Waals surface area contributed by atoms with Crippen LogP contribution in [0, 0.1) is 6.92 Å². The second-order valence-corrected chi connectivity index (χ2v) is 8.96. The van der Waals surface area contributed by atoms with Crippen molar-refractivity contribution in [1.29, 1.82) is 0 Å². The molecule has 2 aromatic heterocycles. The Morgan fingerprint density at radius 1 is 0.886 bits per heavy atom. The third-order valence-electron chi connectivity index (χ3n) is 5.63. The first-order valence-corrected chi connectivity index (χ1v) is 12.3. The average molecular weight is 481 g/mol. The predicted molar refractivity (Wildman–Crippen MR) is 137 cm³/mol. The average Bonchev–Trinajstić information content (AvgIpc) is 3.57. The van der Waals surface area contributed by atoms with Crippen LogP contribution in [0.1, 0.15) is 22.7 Å². The van der Waals surface area contributed by atoms with Crippen LogP contribution < -0.4 is 5.32 Å². The van der Waals surface area contributed by atoms with Crippen molar-refractivity contribution in [3.63, 3.8) is 0 Å². The highest BCUT2D eigenvalue weighted by atomic mass is 32.2. The molecule has 6 nitrogen and oxygen atoms in total. The third-order valence-corrected chi connectivity index (χ3v) is 6.56. The summed E-state index contributed by atoms with van der Waals surface area (Å²) < 4.78 is 7.54. The van der Waals surface area contributed by atoms with Crippen LogP contribution in [0.15, 0.2) is 113 Å². The summed E-state index contributed by atoms with van der Waals surface area (Å²) in [5.74, 6) is 1.31. The van der Waals surface area contributed by atoms with Crippen LogP contribution in [0.25, 0.3) is 17.3 Å². The summed E-state index contributed by atoms with van der Waals surface area (Å²) in [5.41, 5.74) is 4.07. The van der Waals surface area contributed by atoms with Crippen molar-refractivity contribution in [2.24, 2.45) is 0 Å². The molecule has 0 aliphatic carbocycles. The van der Waals surface area contributed by atoms with Crippen molar-refractivity contribution >= 4 is 17.7 Å². The zero-order valence-corrected chi connectivity index (χ0v) is 20.0. The highest BCUT2D eigenvalue weighted by Gasteiger charge is 2.21. The van der Waals surface area contributed by atoms with Gasteiger partial charge >= 0.3 is 0 Å². The fourth-order valence-corrected chi connectivity index (χ4v) is 4.70. The molecule has 1 amide bonds. The van der Waals surface area contributed by atoms with Gasteiger partial charge in [-0.05, 0) is 41.8 Å². The summed E-state index contributed by atoms with van der Waals surface area (Å²) in [6, 6.07) is 31.4. The topological polar surface area (TPSA) is 73.0 Å². The number of thioether (sulfide) groups is 1. The molecule has 2 heterocycles. The number of aryl methyl sites for hydroxylation is 1. The third kappa shape index (κ3) is 5.05. The normalized spacial score (nSPS) is 11.0. The summed E-state index contributed by atoms with van der Waals surface area (Å²) in [5, 5.41) is 12.6. The molecule has 5 rings (SSSR count). The predicted octanol–water partition coefficient (Wildman–Crippen LogP) is 5.83. The Labute approximate surface area is 208 Å². The summed E-state index contributed by atoms with van der Waals surface area (Å²) in [7, 11) is 0. The van der Waals surface area contributed by atoms with Crippen LogP contribution >= 0.6 is 11.8 Å². The van der Waals surface area contributed by atoms with E-state index in [1.165, 1.54) is 11.8 Å². The number of rotatable bonds is 8. The van der Waals surface area contributed by atoms with Crippen molar-refractivity contribution in [1.82, 2.24) is 20.1 Å². The van der Waals surface area contributed by atoms with Gasteiger partial charge in [0.15, 0.2) is 10.9 Å². The minimum atomic E-state index is -0.238.